The van der Waals surface area contributed by atoms with Crippen molar-refractivity contribution in [1.29, 1.82) is 0 Å². The first kappa shape index (κ1) is 28.9. The summed E-state index contributed by atoms with van der Waals surface area (Å²) in [6.45, 7) is 0. The van der Waals surface area contributed by atoms with Crippen LogP contribution in [0.25, 0.3) is 94.4 Å². The quantitative estimate of drug-likeness (QED) is 0.187. The van der Waals surface area contributed by atoms with Gasteiger partial charge in [-0.2, -0.15) is 0 Å². The largest absolute Gasteiger partial charge is 0.456 e. The average molecular weight is 668 g/mol. The minimum Gasteiger partial charge on any atom is -0.456 e. The molecule has 244 valence electrons. The van der Waals surface area contributed by atoms with Gasteiger partial charge >= 0.3 is 0 Å². The lowest BCUT2D eigenvalue weighted by molar-refractivity contribution is 0.586. The first-order valence-electron chi connectivity index (χ1n) is 17.6. The van der Waals surface area contributed by atoms with Crippen LogP contribution in [0.5, 0.6) is 0 Å². The van der Waals surface area contributed by atoms with E-state index < -0.39 is 0 Å². The van der Waals surface area contributed by atoms with Crippen molar-refractivity contribution in [3.05, 3.63) is 169 Å². The summed E-state index contributed by atoms with van der Waals surface area (Å²) < 4.78 is 12.6. The SMILES string of the molecule is C1=Cc2oc3ccccc3c2C(c2nc(-c3ccc4ccccc4c3)nc(-c3ccc(-c4cccc5oc6ccccc6c45)c4ccccc34)n2)C1. The zero-order chi connectivity index (χ0) is 34.2. The van der Waals surface area contributed by atoms with Crippen molar-refractivity contribution < 1.29 is 8.83 Å². The topological polar surface area (TPSA) is 65.0 Å². The Morgan fingerprint density at radius 2 is 1.15 bits per heavy atom. The van der Waals surface area contributed by atoms with Gasteiger partial charge in [-0.1, -0.05) is 121 Å². The lowest BCUT2D eigenvalue weighted by Gasteiger charge is -2.19. The Labute approximate surface area is 298 Å². The van der Waals surface area contributed by atoms with Crippen molar-refractivity contribution in [3.63, 3.8) is 0 Å². The molecule has 52 heavy (non-hydrogen) atoms. The molecule has 1 unspecified atom stereocenters. The van der Waals surface area contributed by atoms with Crippen LogP contribution in [-0.4, -0.2) is 15.0 Å². The first-order valence-corrected chi connectivity index (χ1v) is 17.6. The molecule has 7 aromatic carbocycles. The predicted molar refractivity (Wildman–Crippen MR) is 210 cm³/mol. The Hall–Kier alpha value is -6.85. The molecule has 0 saturated heterocycles. The lowest BCUT2D eigenvalue weighted by atomic mass is 9.88. The van der Waals surface area contributed by atoms with Gasteiger partial charge in [-0.15, -0.1) is 0 Å². The van der Waals surface area contributed by atoms with E-state index >= 15 is 0 Å². The molecule has 1 atom stereocenters. The second kappa shape index (κ2) is 11.3. The van der Waals surface area contributed by atoms with Crippen LogP contribution in [0.2, 0.25) is 0 Å². The van der Waals surface area contributed by atoms with Crippen LogP contribution in [0.3, 0.4) is 0 Å². The van der Waals surface area contributed by atoms with Gasteiger partial charge in [0, 0.05) is 32.8 Å². The van der Waals surface area contributed by atoms with Crippen LogP contribution < -0.4 is 0 Å². The Morgan fingerprint density at radius 1 is 0.481 bits per heavy atom. The van der Waals surface area contributed by atoms with Gasteiger partial charge in [-0.05, 0) is 75.5 Å². The molecular weight excluding hydrogens is 639 g/mol. The molecule has 1 aliphatic rings. The summed E-state index contributed by atoms with van der Waals surface area (Å²) in [5.41, 5.74) is 7.93. The molecule has 0 saturated carbocycles. The van der Waals surface area contributed by atoms with Crippen LogP contribution in [0.15, 0.2) is 161 Å². The molecule has 0 fully saturated rings. The lowest BCUT2D eigenvalue weighted by Crippen LogP contribution is -2.11. The molecule has 5 heteroatoms. The number of furan rings is 2. The molecule has 3 aromatic heterocycles. The van der Waals surface area contributed by atoms with Crippen molar-refractivity contribution >= 4 is 60.5 Å². The van der Waals surface area contributed by atoms with Gasteiger partial charge in [0.15, 0.2) is 11.6 Å². The van der Waals surface area contributed by atoms with Crippen LogP contribution in [0, 0.1) is 0 Å². The molecule has 0 aliphatic heterocycles. The van der Waals surface area contributed by atoms with Crippen molar-refractivity contribution in [2.24, 2.45) is 0 Å². The number of allylic oxidation sites excluding steroid dienone is 1. The maximum absolute atomic E-state index is 6.32. The number of para-hydroxylation sites is 2. The number of aromatic nitrogens is 3. The summed E-state index contributed by atoms with van der Waals surface area (Å²) >= 11 is 0. The van der Waals surface area contributed by atoms with Crippen molar-refractivity contribution in [3.8, 4) is 33.9 Å². The number of hydrogen-bond donors (Lipinski definition) is 0. The minimum atomic E-state index is -0.0953. The van der Waals surface area contributed by atoms with E-state index in [0.29, 0.717) is 11.6 Å². The molecular formula is C47H29N3O2. The summed E-state index contributed by atoms with van der Waals surface area (Å²) in [7, 11) is 0. The monoisotopic (exact) mass is 667 g/mol. The molecule has 11 rings (SSSR count). The smallest absolute Gasteiger partial charge is 0.164 e. The third kappa shape index (κ3) is 4.46. The van der Waals surface area contributed by atoms with Crippen LogP contribution in [0.4, 0.5) is 0 Å². The van der Waals surface area contributed by atoms with E-state index in [4.69, 9.17) is 23.8 Å². The molecule has 5 nitrogen and oxygen atoms in total. The maximum Gasteiger partial charge on any atom is 0.164 e. The standard InChI is InChI=1S/C47H29N3O2/c1-2-12-29-27-30(24-23-28(29)11-1)45-48-46(50-47(49-45)38-18-10-22-42-44(38)37-16-6-8-20-40(37)52-42)35-26-25-33(31-13-3-4-14-32(31)35)34-17-9-21-41-43(34)36-15-5-7-19-39(36)51-41/h1-17,19-27,38H,18H2. The highest BCUT2D eigenvalue weighted by atomic mass is 16.3. The Kier molecular flexibility index (Phi) is 6.31. The molecule has 1 aliphatic carbocycles. The molecule has 0 radical (unpaired) electrons. The normalized spacial score (nSPS) is 14.2. The van der Waals surface area contributed by atoms with Crippen molar-refractivity contribution in [2.75, 3.05) is 0 Å². The third-order valence-electron chi connectivity index (χ3n) is 10.5. The van der Waals surface area contributed by atoms with Gasteiger partial charge in [-0.3, -0.25) is 0 Å². The number of hydrogen-bond acceptors (Lipinski definition) is 5. The number of nitrogens with zero attached hydrogens (tertiary/aromatic N) is 3. The summed E-state index contributed by atoms with van der Waals surface area (Å²) in [6, 6.07) is 50.5. The van der Waals surface area contributed by atoms with Gasteiger partial charge in [0.2, 0.25) is 0 Å². The van der Waals surface area contributed by atoms with Crippen LogP contribution in [0.1, 0.15) is 29.5 Å². The third-order valence-corrected chi connectivity index (χ3v) is 10.5. The number of rotatable bonds is 4. The maximum atomic E-state index is 6.32. The fourth-order valence-electron chi connectivity index (χ4n) is 8.09. The van der Waals surface area contributed by atoms with Crippen molar-refractivity contribution in [2.45, 2.75) is 12.3 Å². The highest BCUT2D eigenvalue weighted by molar-refractivity contribution is 6.16. The van der Waals surface area contributed by atoms with Gasteiger partial charge in [0.25, 0.3) is 0 Å². The first-order chi connectivity index (χ1) is 25.8. The van der Waals surface area contributed by atoms with Gasteiger partial charge in [0.1, 0.15) is 28.3 Å². The number of fused-ring (bicyclic) bond motifs is 8. The zero-order valence-corrected chi connectivity index (χ0v) is 28.0. The second-order valence-electron chi connectivity index (χ2n) is 13.5. The van der Waals surface area contributed by atoms with Crippen LogP contribution >= 0.6 is 0 Å². The predicted octanol–water partition coefficient (Wildman–Crippen LogP) is 12.4. The minimum absolute atomic E-state index is 0.0953. The van der Waals surface area contributed by atoms with E-state index in [2.05, 4.69) is 127 Å². The van der Waals surface area contributed by atoms with E-state index in [9.17, 15) is 0 Å². The fourth-order valence-corrected chi connectivity index (χ4v) is 8.09. The molecule has 0 amide bonds. The highest BCUT2D eigenvalue weighted by Gasteiger charge is 2.29. The van der Waals surface area contributed by atoms with E-state index in [1.54, 1.807) is 0 Å². The molecule has 0 spiro atoms. The molecule has 10 aromatic rings. The van der Waals surface area contributed by atoms with E-state index in [1.165, 1.54) is 5.39 Å². The summed E-state index contributed by atoms with van der Waals surface area (Å²) in [5.74, 6) is 2.79. The molecule has 3 heterocycles. The van der Waals surface area contributed by atoms with Gasteiger partial charge in [-0.25, -0.2) is 15.0 Å². The highest BCUT2D eigenvalue weighted by Crippen LogP contribution is 2.43. The average Bonchev–Trinajstić information content (AvgIpc) is 3.79. The van der Waals surface area contributed by atoms with E-state index in [1.807, 2.05) is 30.3 Å². The van der Waals surface area contributed by atoms with Gasteiger partial charge < -0.3 is 8.83 Å². The Bertz CT molecular complexity index is 3080. The fraction of sp³-hybridized carbons (Fsp3) is 0.0426. The second-order valence-corrected chi connectivity index (χ2v) is 13.5. The van der Waals surface area contributed by atoms with E-state index in [-0.39, 0.29) is 5.92 Å². The van der Waals surface area contributed by atoms with Crippen LogP contribution in [-0.2, 0) is 0 Å². The van der Waals surface area contributed by atoms with E-state index in [0.717, 1.165) is 94.9 Å². The number of benzene rings is 7. The Morgan fingerprint density at radius 3 is 2.02 bits per heavy atom. The Balaban J connectivity index is 1.14. The van der Waals surface area contributed by atoms with Gasteiger partial charge in [0.05, 0.1) is 5.92 Å². The molecule has 0 bridgehead atoms. The summed E-state index contributed by atoms with van der Waals surface area (Å²) in [4.78, 5) is 15.8. The zero-order valence-electron chi connectivity index (χ0n) is 28.0. The summed E-state index contributed by atoms with van der Waals surface area (Å²) in [6.07, 6.45) is 5.01. The summed E-state index contributed by atoms with van der Waals surface area (Å²) in [5, 5.41) is 7.83. The molecule has 0 N–H and O–H groups in total. The van der Waals surface area contributed by atoms with Crippen molar-refractivity contribution in [1.82, 2.24) is 15.0 Å².